The topological polar surface area (TPSA) is 21.3 Å². The first-order valence-corrected chi connectivity index (χ1v) is 7.30. The molecule has 0 unspecified atom stereocenters. The van der Waals surface area contributed by atoms with Crippen LogP contribution in [0.15, 0.2) is 40.9 Å². The molecule has 106 valence electrons. The summed E-state index contributed by atoms with van der Waals surface area (Å²) in [6, 6.07) is 10.7. The summed E-state index contributed by atoms with van der Waals surface area (Å²) in [7, 11) is 0. The molecule has 0 fully saturated rings. The predicted molar refractivity (Wildman–Crippen MR) is 83.8 cm³/mol. The van der Waals surface area contributed by atoms with Gasteiger partial charge in [0.2, 0.25) is 0 Å². The number of rotatable bonds is 5. The van der Waals surface area contributed by atoms with Gasteiger partial charge in [0.25, 0.3) is 0 Å². The summed E-state index contributed by atoms with van der Waals surface area (Å²) >= 11 is 3.37. The van der Waals surface area contributed by atoms with Gasteiger partial charge in [-0.05, 0) is 49.2 Å². The zero-order valence-electron chi connectivity index (χ0n) is 11.5. The quantitative estimate of drug-likeness (QED) is 0.837. The molecular formula is C16H17BrFNO. The minimum atomic E-state index is -0.244. The van der Waals surface area contributed by atoms with E-state index in [1.165, 1.54) is 12.1 Å². The van der Waals surface area contributed by atoms with Gasteiger partial charge in [-0.1, -0.05) is 28.1 Å². The van der Waals surface area contributed by atoms with E-state index in [2.05, 4.69) is 21.2 Å². The van der Waals surface area contributed by atoms with Crippen molar-refractivity contribution in [3.63, 3.8) is 0 Å². The Kier molecular flexibility index (Phi) is 5.01. The molecule has 2 aromatic carbocycles. The average Bonchev–Trinajstić information content (AvgIpc) is 2.40. The van der Waals surface area contributed by atoms with Crippen LogP contribution in [-0.2, 0) is 6.54 Å². The second-order valence-corrected chi connectivity index (χ2v) is 5.38. The highest BCUT2D eigenvalue weighted by atomic mass is 79.9. The van der Waals surface area contributed by atoms with Crippen molar-refractivity contribution in [2.45, 2.75) is 20.4 Å². The van der Waals surface area contributed by atoms with Gasteiger partial charge in [-0.2, -0.15) is 0 Å². The fourth-order valence-electron chi connectivity index (χ4n) is 1.91. The number of nitrogens with one attached hydrogen (secondary N) is 1. The molecule has 0 atom stereocenters. The van der Waals surface area contributed by atoms with Crippen molar-refractivity contribution in [3.8, 4) is 5.75 Å². The van der Waals surface area contributed by atoms with Crippen LogP contribution in [0.3, 0.4) is 0 Å². The molecule has 0 amide bonds. The molecule has 0 aliphatic carbocycles. The highest BCUT2D eigenvalue weighted by Gasteiger charge is 2.06. The SMILES string of the molecule is CCOc1cc(C)ccc1NCc1ccc(F)cc1Br. The zero-order chi connectivity index (χ0) is 14.5. The molecule has 0 saturated heterocycles. The molecule has 0 aliphatic heterocycles. The molecule has 0 aromatic heterocycles. The summed E-state index contributed by atoms with van der Waals surface area (Å²) in [6.45, 7) is 5.22. The van der Waals surface area contributed by atoms with Gasteiger partial charge in [-0.3, -0.25) is 0 Å². The molecule has 2 nitrogen and oxygen atoms in total. The van der Waals surface area contributed by atoms with E-state index in [9.17, 15) is 4.39 Å². The van der Waals surface area contributed by atoms with E-state index in [1.54, 1.807) is 6.07 Å². The van der Waals surface area contributed by atoms with Crippen LogP contribution in [0.25, 0.3) is 0 Å². The maximum atomic E-state index is 13.0. The maximum Gasteiger partial charge on any atom is 0.142 e. The Labute approximate surface area is 127 Å². The Hall–Kier alpha value is -1.55. The number of hydrogen-bond donors (Lipinski definition) is 1. The first-order valence-electron chi connectivity index (χ1n) is 6.51. The van der Waals surface area contributed by atoms with Gasteiger partial charge in [-0.15, -0.1) is 0 Å². The molecule has 2 aromatic rings. The summed E-state index contributed by atoms with van der Waals surface area (Å²) in [5, 5.41) is 3.32. The highest BCUT2D eigenvalue weighted by molar-refractivity contribution is 9.10. The number of aryl methyl sites for hydroxylation is 1. The summed E-state index contributed by atoms with van der Waals surface area (Å²) in [6.07, 6.45) is 0. The Morgan fingerprint density at radius 2 is 2.00 bits per heavy atom. The summed E-state index contributed by atoms with van der Waals surface area (Å²) in [5.41, 5.74) is 3.09. The number of anilines is 1. The number of hydrogen-bond acceptors (Lipinski definition) is 2. The minimum absolute atomic E-state index is 0.244. The highest BCUT2D eigenvalue weighted by Crippen LogP contribution is 2.27. The Balaban J connectivity index is 2.14. The Bertz CT molecular complexity index is 601. The molecule has 0 aliphatic rings. The van der Waals surface area contributed by atoms with Gasteiger partial charge in [0, 0.05) is 11.0 Å². The lowest BCUT2D eigenvalue weighted by atomic mass is 10.2. The molecular weight excluding hydrogens is 321 g/mol. The first-order chi connectivity index (χ1) is 9.60. The normalized spacial score (nSPS) is 10.4. The van der Waals surface area contributed by atoms with Crippen LogP contribution in [0.5, 0.6) is 5.75 Å². The summed E-state index contributed by atoms with van der Waals surface area (Å²) in [4.78, 5) is 0. The van der Waals surface area contributed by atoms with Gasteiger partial charge < -0.3 is 10.1 Å². The lowest BCUT2D eigenvalue weighted by Gasteiger charge is -2.14. The molecule has 4 heteroatoms. The van der Waals surface area contributed by atoms with Crippen molar-refractivity contribution < 1.29 is 9.13 Å². The van der Waals surface area contributed by atoms with Gasteiger partial charge >= 0.3 is 0 Å². The standard InChI is InChI=1S/C16H17BrFNO/c1-3-20-16-8-11(2)4-7-15(16)19-10-12-5-6-13(18)9-14(12)17/h4-9,19H,3,10H2,1-2H3. The fourth-order valence-corrected chi connectivity index (χ4v) is 2.40. The van der Waals surface area contributed by atoms with Crippen molar-refractivity contribution in [2.75, 3.05) is 11.9 Å². The minimum Gasteiger partial charge on any atom is -0.492 e. The van der Waals surface area contributed by atoms with Crippen LogP contribution < -0.4 is 10.1 Å². The van der Waals surface area contributed by atoms with E-state index in [4.69, 9.17) is 4.74 Å². The van der Waals surface area contributed by atoms with E-state index >= 15 is 0 Å². The first kappa shape index (κ1) is 14.9. The summed E-state index contributed by atoms with van der Waals surface area (Å²) < 4.78 is 19.4. The van der Waals surface area contributed by atoms with Gasteiger partial charge in [0.15, 0.2) is 0 Å². The molecule has 0 bridgehead atoms. The second-order valence-electron chi connectivity index (χ2n) is 4.52. The number of benzene rings is 2. The van der Waals surface area contributed by atoms with Gasteiger partial charge in [0.05, 0.1) is 12.3 Å². The average molecular weight is 338 g/mol. The lowest BCUT2D eigenvalue weighted by molar-refractivity contribution is 0.341. The smallest absolute Gasteiger partial charge is 0.142 e. The molecule has 1 N–H and O–H groups in total. The fraction of sp³-hybridized carbons (Fsp3) is 0.250. The summed E-state index contributed by atoms with van der Waals surface area (Å²) in [5.74, 6) is 0.594. The van der Waals surface area contributed by atoms with Crippen LogP contribution in [0.1, 0.15) is 18.1 Å². The van der Waals surface area contributed by atoms with Crippen LogP contribution in [-0.4, -0.2) is 6.61 Å². The maximum absolute atomic E-state index is 13.0. The number of ether oxygens (including phenoxy) is 1. The molecule has 2 rings (SSSR count). The van der Waals surface area contributed by atoms with Gasteiger partial charge in [-0.25, -0.2) is 4.39 Å². The monoisotopic (exact) mass is 337 g/mol. The van der Waals surface area contributed by atoms with Crippen molar-refractivity contribution in [2.24, 2.45) is 0 Å². The van der Waals surface area contributed by atoms with E-state index in [-0.39, 0.29) is 5.82 Å². The lowest BCUT2D eigenvalue weighted by Crippen LogP contribution is -2.03. The molecule has 0 heterocycles. The zero-order valence-corrected chi connectivity index (χ0v) is 13.1. The molecule has 0 spiro atoms. The molecule has 0 saturated carbocycles. The third kappa shape index (κ3) is 3.73. The van der Waals surface area contributed by atoms with E-state index < -0.39 is 0 Å². The largest absolute Gasteiger partial charge is 0.492 e. The van der Waals surface area contributed by atoms with Crippen molar-refractivity contribution >= 4 is 21.6 Å². The van der Waals surface area contributed by atoms with Crippen LogP contribution in [0.2, 0.25) is 0 Å². The van der Waals surface area contributed by atoms with E-state index in [0.717, 1.165) is 27.0 Å². The van der Waals surface area contributed by atoms with Crippen molar-refractivity contribution in [1.82, 2.24) is 0 Å². The molecule has 0 radical (unpaired) electrons. The predicted octanol–water partition coefficient (Wildman–Crippen LogP) is 4.91. The Morgan fingerprint density at radius 3 is 2.70 bits per heavy atom. The van der Waals surface area contributed by atoms with Crippen molar-refractivity contribution in [1.29, 1.82) is 0 Å². The van der Waals surface area contributed by atoms with Crippen LogP contribution in [0, 0.1) is 12.7 Å². The third-order valence-electron chi connectivity index (χ3n) is 2.92. The van der Waals surface area contributed by atoms with Gasteiger partial charge in [0.1, 0.15) is 11.6 Å². The Morgan fingerprint density at radius 1 is 1.20 bits per heavy atom. The number of halogens is 2. The van der Waals surface area contributed by atoms with Crippen LogP contribution >= 0.6 is 15.9 Å². The van der Waals surface area contributed by atoms with Crippen molar-refractivity contribution in [3.05, 3.63) is 57.8 Å². The van der Waals surface area contributed by atoms with Crippen LogP contribution in [0.4, 0.5) is 10.1 Å². The third-order valence-corrected chi connectivity index (χ3v) is 3.66. The van der Waals surface area contributed by atoms with E-state index in [0.29, 0.717) is 13.2 Å². The molecule has 20 heavy (non-hydrogen) atoms. The van der Waals surface area contributed by atoms with E-state index in [1.807, 2.05) is 32.0 Å². The second kappa shape index (κ2) is 6.75.